The lowest BCUT2D eigenvalue weighted by molar-refractivity contribution is -0.308. The maximum Gasteiger partial charge on any atom is 0.252 e. The first kappa shape index (κ1) is 32.3. The molecule has 0 aliphatic carbocycles. The molecule has 2 unspecified atom stereocenters. The Morgan fingerprint density at radius 3 is 2.25 bits per heavy atom. The number of nitrogens with one attached hydrogen (secondary N) is 1. The van der Waals surface area contributed by atoms with E-state index in [9.17, 15) is 31.9 Å². The molecule has 2 atom stereocenters. The maximum absolute atomic E-state index is 13.7. The van der Waals surface area contributed by atoms with Crippen LogP contribution in [0.2, 0.25) is 0 Å². The van der Waals surface area contributed by atoms with Crippen LogP contribution in [0.4, 0.5) is 8.78 Å². The topological polar surface area (TPSA) is 130 Å². The molecule has 1 aromatic heterocycles. The Morgan fingerprint density at radius 2 is 1.66 bits per heavy atom. The Hall–Kier alpha value is -4.58. The molecule has 1 heterocycles. The average Bonchev–Trinajstić information content (AvgIpc) is 3.38. The van der Waals surface area contributed by atoms with Gasteiger partial charge >= 0.3 is 0 Å². The number of carbonyl (C=O) groups is 2. The van der Waals surface area contributed by atoms with Gasteiger partial charge in [-0.05, 0) is 72.4 Å². The monoisotopic (exact) mass is 624 g/mol. The molecule has 9 nitrogen and oxygen atoms in total. The number of nitrogens with zero attached hydrogens (tertiary/aromatic N) is 2. The van der Waals surface area contributed by atoms with Crippen LogP contribution in [0.15, 0.2) is 79.3 Å². The van der Waals surface area contributed by atoms with Crippen LogP contribution in [0.1, 0.15) is 45.3 Å². The number of sulfone groups is 1. The van der Waals surface area contributed by atoms with Gasteiger partial charge in [0.05, 0.1) is 24.1 Å². The van der Waals surface area contributed by atoms with E-state index in [-0.39, 0.29) is 17.8 Å². The average molecular weight is 625 g/mol. The third-order valence-electron chi connectivity index (χ3n) is 7.12. The van der Waals surface area contributed by atoms with Crippen LogP contribution in [0.3, 0.4) is 0 Å². The second-order valence-electron chi connectivity index (χ2n) is 10.6. The number of amides is 1. The molecule has 3 aromatic carbocycles. The molecule has 44 heavy (non-hydrogen) atoms. The Labute approximate surface area is 254 Å². The van der Waals surface area contributed by atoms with E-state index >= 15 is 0 Å². The Balaban J connectivity index is 1.65. The van der Waals surface area contributed by atoms with Crippen LogP contribution in [-0.4, -0.2) is 47.9 Å². The van der Waals surface area contributed by atoms with Crippen LogP contribution < -0.4 is 15.2 Å². The smallest absolute Gasteiger partial charge is 0.252 e. The summed E-state index contributed by atoms with van der Waals surface area (Å²) < 4.78 is 58.5. The maximum atomic E-state index is 13.7. The van der Waals surface area contributed by atoms with Crippen LogP contribution in [0, 0.1) is 11.6 Å². The molecule has 0 radical (unpaired) electrons. The van der Waals surface area contributed by atoms with E-state index in [1.54, 1.807) is 48.9 Å². The molecular weight excluding hydrogens is 592 g/mol. The lowest BCUT2D eigenvalue weighted by Crippen LogP contribution is -2.48. The molecule has 0 spiro atoms. The standard InChI is InChI=1S/C32H33F2N3O6S/c1-37-20-35-19-26(37)17-30(23-7-12-25(34)13-8-23)43-27-14-9-22(6-3-21-4-10-24(33)11-5-21)28(18-27)31(38)36-29(32(39)40)15-16-44(2,41)42/h4-5,7-14,18-20,29-30H,3,6,15-17H2,1-2H3,(H,36,38)(H,39,40)/p-1. The van der Waals surface area contributed by atoms with E-state index in [0.29, 0.717) is 36.1 Å². The van der Waals surface area contributed by atoms with E-state index in [0.717, 1.165) is 17.5 Å². The summed E-state index contributed by atoms with van der Waals surface area (Å²) in [6.07, 6.45) is 4.51. The van der Waals surface area contributed by atoms with Gasteiger partial charge in [0.1, 0.15) is 33.3 Å². The largest absolute Gasteiger partial charge is 0.548 e. The Kier molecular flexibility index (Phi) is 10.5. The number of imidazole rings is 1. The number of aliphatic carboxylic acids is 1. The van der Waals surface area contributed by atoms with Crippen LogP contribution in [0.5, 0.6) is 5.75 Å². The molecule has 0 bridgehead atoms. The lowest BCUT2D eigenvalue weighted by atomic mass is 9.98. The van der Waals surface area contributed by atoms with E-state index in [2.05, 4.69) is 10.3 Å². The molecule has 1 amide bonds. The van der Waals surface area contributed by atoms with Crippen molar-refractivity contribution in [2.45, 2.75) is 37.8 Å². The van der Waals surface area contributed by atoms with E-state index < -0.39 is 45.4 Å². The first-order chi connectivity index (χ1) is 20.9. The van der Waals surface area contributed by atoms with Gasteiger partial charge < -0.3 is 24.5 Å². The molecule has 4 aromatic rings. The minimum absolute atomic E-state index is 0.119. The minimum atomic E-state index is -3.50. The first-order valence-corrected chi connectivity index (χ1v) is 15.9. The van der Waals surface area contributed by atoms with Crippen LogP contribution in [-0.2, 0) is 40.9 Å². The van der Waals surface area contributed by atoms with Crippen LogP contribution in [0.25, 0.3) is 0 Å². The van der Waals surface area contributed by atoms with Crippen molar-refractivity contribution >= 4 is 21.7 Å². The van der Waals surface area contributed by atoms with E-state index in [1.165, 1.54) is 30.3 Å². The van der Waals surface area contributed by atoms with Gasteiger partial charge in [-0.15, -0.1) is 0 Å². The fraction of sp³-hybridized carbons (Fsp3) is 0.281. The molecule has 4 rings (SSSR count). The fourth-order valence-electron chi connectivity index (χ4n) is 4.65. The number of aryl methyl sites for hydroxylation is 3. The Morgan fingerprint density at radius 1 is 1.00 bits per heavy atom. The highest BCUT2D eigenvalue weighted by Crippen LogP contribution is 2.28. The van der Waals surface area contributed by atoms with Gasteiger partial charge in [-0.2, -0.15) is 0 Å². The van der Waals surface area contributed by atoms with E-state index in [4.69, 9.17) is 4.74 Å². The summed E-state index contributed by atoms with van der Waals surface area (Å²) in [5.41, 5.74) is 3.03. The van der Waals surface area contributed by atoms with Crippen molar-refractivity contribution in [3.05, 3.63) is 119 Å². The highest BCUT2D eigenvalue weighted by Gasteiger charge is 2.22. The summed E-state index contributed by atoms with van der Waals surface area (Å²) in [7, 11) is -1.66. The van der Waals surface area contributed by atoms with Gasteiger partial charge in [-0.25, -0.2) is 22.2 Å². The van der Waals surface area contributed by atoms with Crippen LogP contribution >= 0.6 is 0 Å². The predicted molar refractivity (Wildman–Crippen MR) is 158 cm³/mol. The normalized spacial score (nSPS) is 12.8. The molecule has 0 saturated carbocycles. The summed E-state index contributed by atoms with van der Waals surface area (Å²) in [5.74, 6) is -3.32. The number of rotatable bonds is 14. The predicted octanol–water partition coefficient (Wildman–Crippen LogP) is 3.13. The third kappa shape index (κ3) is 9.21. The van der Waals surface area contributed by atoms with Gasteiger partial charge in [0.25, 0.3) is 5.91 Å². The molecule has 0 aliphatic rings. The zero-order chi connectivity index (χ0) is 31.9. The van der Waals surface area contributed by atoms with Crippen molar-refractivity contribution in [1.29, 1.82) is 0 Å². The highest BCUT2D eigenvalue weighted by molar-refractivity contribution is 7.90. The summed E-state index contributed by atoms with van der Waals surface area (Å²) >= 11 is 0. The summed E-state index contributed by atoms with van der Waals surface area (Å²) in [6.45, 7) is 0. The fourth-order valence-corrected chi connectivity index (χ4v) is 5.31. The molecule has 232 valence electrons. The SMILES string of the molecule is Cn1cncc1CC(Oc1ccc(CCc2ccc(F)cc2)c(C(=O)NC(CCS(C)(=O)=O)C(=O)[O-])c1)c1ccc(F)cc1. The molecule has 0 saturated heterocycles. The highest BCUT2D eigenvalue weighted by atomic mass is 32.2. The van der Waals surface area contributed by atoms with Gasteiger partial charge in [0, 0.05) is 37.2 Å². The number of ether oxygens (including phenoxy) is 1. The molecule has 0 fully saturated rings. The zero-order valence-electron chi connectivity index (χ0n) is 24.2. The molecule has 1 N–H and O–H groups in total. The quantitative estimate of drug-likeness (QED) is 0.228. The lowest BCUT2D eigenvalue weighted by Gasteiger charge is -2.23. The van der Waals surface area contributed by atoms with Gasteiger partial charge in [0.2, 0.25) is 0 Å². The third-order valence-corrected chi connectivity index (χ3v) is 8.10. The number of carboxylic acids is 1. The van der Waals surface area contributed by atoms with E-state index in [1.807, 2.05) is 11.6 Å². The van der Waals surface area contributed by atoms with Crippen molar-refractivity contribution in [2.75, 3.05) is 12.0 Å². The number of hydrogen-bond acceptors (Lipinski definition) is 7. The first-order valence-electron chi connectivity index (χ1n) is 13.8. The summed E-state index contributed by atoms with van der Waals surface area (Å²) in [6, 6.07) is 15.1. The minimum Gasteiger partial charge on any atom is -0.548 e. The number of carbonyl (C=O) groups excluding carboxylic acids is 2. The summed E-state index contributed by atoms with van der Waals surface area (Å²) in [4.78, 5) is 29.4. The second kappa shape index (κ2) is 14.3. The number of benzene rings is 3. The molecule has 0 aliphatic heterocycles. The number of aromatic nitrogens is 2. The zero-order valence-corrected chi connectivity index (χ0v) is 25.0. The molecular formula is C32H32F2N3O6S-. The Bertz CT molecular complexity index is 1710. The number of hydrogen-bond donors (Lipinski definition) is 1. The van der Waals surface area contributed by atoms with Gasteiger partial charge in [-0.1, -0.05) is 30.3 Å². The second-order valence-corrected chi connectivity index (χ2v) is 12.8. The number of halogens is 2. The van der Waals surface area contributed by atoms with Crippen molar-refractivity contribution in [3.63, 3.8) is 0 Å². The molecule has 12 heteroatoms. The van der Waals surface area contributed by atoms with Gasteiger partial charge in [0.15, 0.2) is 0 Å². The van der Waals surface area contributed by atoms with Gasteiger partial charge in [-0.3, -0.25) is 4.79 Å². The van der Waals surface area contributed by atoms with Crippen molar-refractivity contribution in [2.24, 2.45) is 7.05 Å². The number of carboxylic acid groups (broad SMARTS) is 1. The van der Waals surface area contributed by atoms with Crippen molar-refractivity contribution in [1.82, 2.24) is 14.9 Å². The van der Waals surface area contributed by atoms with Crippen molar-refractivity contribution in [3.8, 4) is 5.75 Å². The summed E-state index contributed by atoms with van der Waals surface area (Å²) in [5, 5.41) is 14.2. The van der Waals surface area contributed by atoms with Crippen molar-refractivity contribution < 1.29 is 36.6 Å².